The zero-order valence-corrected chi connectivity index (χ0v) is 21.1. The van der Waals surface area contributed by atoms with Gasteiger partial charge in [0, 0.05) is 5.56 Å². The Morgan fingerprint density at radius 3 is 2.28 bits per heavy atom. The topological polar surface area (TPSA) is 36.9 Å². The summed E-state index contributed by atoms with van der Waals surface area (Å²) in [5.74, 6) is 0. The maximum Gasteiger partial charge on any atom is 0.192 e. The van der Waals surface area contributed by atoms with Gasteiger partial charge in [-0.1, -0.05) is 87.5 Å². The Bertz CT molecular complexity index is 832. The lowest BCUT2D eigenvalue weighted by molar-refractivity contribution is -0.277. The predicted octanol–water partition coefficient (Wildman–Crippen LogP) is 6.65. The minimum absolute atomic E-state index is 0.0899. The van der Waals surface area contributed by atoms with E-state index in [1.165, 1.54) is 0 Å². The molecule has 0 radical (unpaired) electrons. The summed E-state index contributed by atoms with van der Waals surface area (Å²) in [5, 5.41) is 0.0899. The van der Waals surface area contributed by atoms with Crippen LogP contribution in [0.3, 0.4) is 0 Å². The zero-order valence-electron chi connectivity index (χ0n) is 20.1. The third-order valence-corrected chi connectivity index (χ3v) is 11.0. The number of hydrogen-bond donors (Lipinski definition) is 0. The lowest BCUT2D eigenvalue weighted by Crippen LogP contribution is -2.55. The molecule has 1 unspecified atom stereocenters. The Morgan fingerprint density at radius 1 is 1.06 bits per heavy atom. The first kappa shape index (κ1) is 24.9. The van der Waals surface area contributed by atoms with Gasteiger partial charge in [0.1, 0.15) is 6.10 Å². The highest BCUT2D eigenvalue weighted by atomic mass is 28.4. The normalized spacial score (nSPS) is 23.0. The molecule has 0 bridgehead atoms. The molecule has 1 heterocycles. The minimum atomic E-state index is -2.03. The fourth-order valence-electron chi connectivity index (χ4n) is 3.55. The van der Waals surface area contributed by atoms with Crippen molar-refractivity contribution in [3.8, 4) is 0 Å². The number of rotatable bonds is 9. The van der Waals surface area contributed by atoms with Crippen molar-refractivity contribution in [1.29, 1.82) is 0 Å². The van der Waals surface area contributed by atoms with E-state index in [0.717, 1.165) is 11.1 Å². The van der Waals surface area contributed by atoms with Gasteiger partial charge in [0.25, 0.3) is 0 Å². The Morgan fingerprint density at radius 2 is 1.69 bits per heavy atom. The van der Waals surface area contributed by atoms with Crippen LogP contribution in [0.5, 0.6) is 0 Å². The second-order valence-corrected chi connectivity index (χ2v) is 14.7. The largest absolute Gasteiger partial charge is 0.409 e. The van der Waals surface area contributed by atoms with E-state index in [-0.39, 0.29) is 23.4 Å². The van der Waals surface area contributed by atoms with Gasteiger partial charge in [0.2, 0.25) is 0 Å². The lowest BCUT2D eigenvalue weighted by atomic mass is 10.0. The minimum Gasteiger partial charge on any atom is -0.409 e. The van der Waals surface area contributed by atoms with Gasteiger partial charge in [0.15, 0.2) is 14.6 Å². The Hall–Kier alpha value is -1.76. The van der Waals surface area contributed by atoms with Gasteiger partial charge in [-0.2, -0.15) is 0 Å². The molecule has 1 aliphatic heterocycles. The van der Waals surface area contributed by atoms with E-state index in [1.807, 2.05) is 54.6 Å². The molecule has 0 spiro atoms. The summed E-state index contributed by atoms with van der Waals surface area (Å²) in [6.07, 6.45) is 1.50. The summed E-state index contributed by atoms with van der Waals surface area (Å²) in [6.45, 7) is 16.2. The number of benzene rings is 2. The first-order chi connectivity index (χ1) is 15.2. The van der Waals surface area contributed by atoms with E-state index in [0.29, 0.717) is 19.6 Å². The highest BCUT2D eigenvalue weighted by Crippen LogP contribution is 2.40. The first-order valence-electron chi connectivity index (χ1n) is 11.5. The van der Waals surface area contributed by atoms with Crippen molar-refractivity contribution in [2.45, 2.75) is 76.5 Å². The van der Waals surface area contributed by atoms with E-state index in [9.17, 15) is 0 Å². The van der Waals surface area contributed by atoms with Crippen LogP contribution in [0.15, 0.2) is 73.3 Å². The van der Waals surface area contributed by atoms with Crippen molar-refractivity contribution in [3.63, 3.8) is 0 Å². The molecule has 4 nitrogen and oxygen atoms in total. The number of hydrogen-bond acceptors (Lipinski definition) is 4. The molecule has 0 aromatic heterocycles. The van der Waals surface area contributed by atoms with Crippen molar-refractivity contribution < 1.29 is 18.6 Å². The van der Waals surface area contributed by atoms with Crippen LogP contribution in [0.25, 0.3) is 0 Å². The van der Waals surface area contributed by atoms with E-state index in [4.69, 9.17) is 18.6 Å². The Labute approximate surface area is 194 Å². The molecular formula is C27H38O4Si. The summed E-state index contributed by atoms with van der Waals surface area (Å²) in [5.41, 5.74) is 2.14. The maximum absolute atomic E-state index is 6.79. The maximum atomic E-state index is 6.79. The molecule has 1 aliphatic rings. The summed E-state index contributed by atoms with van der Waals surface area (Å²) >= 11 is 0. The highest BCUT2D eigenvalue weighted by molar-refractivity contribution is 6.74. The molecule has 4 atom stereocenters. The average Bonchev–Trinajstić information content (AvgIpc) is 2.77. The Balaban J connectivity index is 1.83. The molecule has 5 heteroatoms. The van der Waals surface area contributed by atoms with Gasteiger partial charge in [-0.25, -0.2) is 0 Å². The molecular weight excluding hydrogens is 416 g/mol. The van der Waals surface area contributed by atoms with Crippen LogP contribution in [-0.4, -0.2) is 33.2 Å². The van der Waals surface area contributed by atoms with Crippen LogP contribution in [-0.2, 0) is 25.2 Å². The molecule has 3 rings (SSSR count). The van der Waals surface area contributed by atoms with Crippen LogP contribution in [0.2, 0.25) is 18.1 Å². The third kappa shape index (κ3) is 6.39. The first-order valence-corrected chi connectivity index (χ1v) is 14.4. The second kappa shape index (κ2) is 10.9. The molecule has 2 aromatic rings. The molecule has 0 aliphatic carbocycles. The van der Waals surface area contributed by atoms with Gasteiger partial charge in [-0.3, -0.25) is 0 Å². The molecule has 0 saturated carbocycles. The second-order valence-electron chi connectivity index (χ2n) is 9.95. The van der Waals surface area contributed by atoms with Crippen molar-refractivity contribution >= 4 is 8.32 Å². The predicted molar refractivity (Wildman–Crippen MR) is 132 cm³/mol. The van der Waals surface area contributed by atoms with Crippen molar-refractivity contribution in [2.24, 2.45) is 0 Å². The molecule has 32 heavy (non-hydrogen) atoms. The summed E-state index contributed by atoms with van der Waals surface area (Å²) in [6, 6.07) is 20.3. The SMILES string of the molecule is C=CC[C@@H](OCc1ccccc1)[C@@H]1OC(c2ccccc2)OC[C@H]1O[Si](C)(C)C(C)(C)C. The molecule has 174 valence electrons. The van der Waals surface area contributed by atoms with Gasteiger partial charge >= 0.3 is 0 Å². The summed E-state index contributed by atoms with van der Waals surface area (Å²) in [4.78, 5) is 0. The summed E-state index contributed by atoms with van der Waals surface area (Å²) < 4.78 is 25.9. The third-order valence-electron chi connectivity index (χ3n) is 6.46. The van der Waals surface area contributed by atoms with Gasteiger partial charge in [-0.15, -0.1) is 6.58 Å². The zero-order chi connectivity index (χ0) is 23.2. The number of ether oxygens (including phenoxy) is 3. The van der Waals surface area contributed by atoms with Crippen LogP contribution in [0, 0.1) is 0 Å². The van der Waals surface area contributed by atoms with Crippen LogP contribution >= 0.6 is 0 Å². The quantitative estimate of drug-likeness (QED) is 0.314. The summed E-state index contributed by atoms with van der Waals surface area (Å²) in [7, 11) is -2.03. The van der Waals surface area contributed by atoms with Gasteiger partial charge < -0.3 is 18.6 Å². The molecule has 0 N–H and O–H groups in total. The van der Waals surface area contributed by atoms with Crippen LogP contribution in [0.1, 0.15) is 44.6 Å². The van der Waals surface area contributed by atoms with Crippen LogP contribution in [0.4, 0.5) is 0 Å². The Kier molecular flexibility index (Phi) is 8.47. The monoisotopic (exact) mass is 454 g/mol. The fourth-order valence-corrected chi connectivity index (χ4v) is 4.87. The van der Waals surface area contributed by atoms with Crippen molar-refractivity contribution in [1.82, 2.24) is 0 Å². The molecule has 1 fully saturated rings. The van der Waals surface area contributed by atoms with Gasteiger partial charge in [0.05, 0.1) is 25.4 Å². The van der Waals surface area contributed by atoms with Gasteiger partial charge in [-0.05, 0) is 30.1 Å². The average molecular weight is 455 g/mol. The molecule has 0 amide bonds. The lowest BCUT2D eigenvalue weighted by Gasteiger charge is -2.46. The van der Waals surface area contributed by atoms with Crippen molar-refractivity contribution in [3.05, 3.63) is 84.4 Å². The standard InChI is InChI=1S/C27H38O4Si/c1-7-14-23(28-19-21-15-10-8-11-16-21)25-24(31-32(5,6)27(2,3)4)20-29-26(30-25)22-17-12-9-13-18-22/h7-13,15-18,23-26H,1,14,19-20H2,2-6H3/t23-,24-,25+,26?/m1/s1. The van der Waals surface area contributed by atoms with E-state index >= 15 is 0 Å². The highest BCUT2D eigenvalue weighted by Gasteiger charge is 2.45. The van der Waals surface area contributed by atoms with E-state index in [2.05, 4.69) is 52.6 Å². The molecule has 2 aromatic carbocycles. The smallest absolute Gasteiger partial charge is 0.192 e. The van der Waals surface area contributed by atoms with Crippen molar-refractivity contribution in [2.75, 3.05) is 6.61 Å². The van der Waals surface area contributed by atoms with E-state index < -0.39 is 14.6 Å². The fraction of sp³-hybridized carbons (Fsp3) is 0.481. The van der Waals surface area contributed by atoms with E-state index in [1.54, 1.807) is 0 Å². The van der Waals surface area contributed by atoms with Crippen LogP contribution < -0.4 is 0 Å². The molecule has 1 saturated heterocycles.